The van der Waals surface area contributed by atoms with Gasteiger partial charge in [0.05, 0.1) is 32.6 Å². The Morgan fingerprint density at radius 3 is 2.44 bits per heavy atom. The highest BCUT2D eigenvalue weighted by Crippen LogP contribution is 2.38. The van der Waals surface area contributed by atoms with Crippen molar-refractivity contribution >= 4 is 33.1 Å². The second-order valence-electron chi connectivity index (χ2n) is 7.19. The standard InChI is InChI=1S/C25H21FN2O5S/c1-31-20-9-7-14(11-22(20)33-3)25(30)27-12-19(29)18-8-10-21(32-2)23(28-18)16-13-34-24-15(16)5-4-6-17(24)26/h4-11,13H,12H2,1-3H3,(H,27,30). The summed E-state index contributed by atoms with van der Waals surface area (Å²) in [6, 6.07) is 12.7. The van der Waals surface area contributed by atoms with E-state index in [9.17, 15) is 14.0 Å². The summed E-state index contributed by atoms with van der Waals surface area (Å²) < 4.78 is 30.5. The van der Waals surface area contributed by atoms with Crippen molar-refractivity contribution < 1.29 is 28.2 Å². The summed E-state index contributed by atoms with van der Waals surface area (Å²) in [5, 5.41) is 5.07. The van der Waals surface area contributed by atoms with Crippen molar-refractivity contribution in [1.29, 1.82) is 0 Å². The Morgan fingerprint density at radius 2 is 1.71 bits per heavy atom. The topological polar surface area (TPSA) is 86.8 Å². The molecule has 2 aromatic carbocycles. The van der Waals surface area contributed by atoms with Crippen molar-refractivity contribution in [3.8, 4) is 28.5 Å². The Kier molecular flexibility index (Phi) is 6.74. The van der Waals surface area contributed by atoms with Crippen LogP contribution < -0.4 is 19.5 Å². The third-order valence-electron chi connectivity index (χ3n) is 5.23. The lowest BCUT2D eigenvalue weighted by molar-refractivity contribution is 0.0902. The highest BCUT2D eigenvalue weighted by Gasteiger charge is 2.19. The number of nitrogens with zero attached hydrogens (tertiary/aromatic N) is 1. The number of nitrogens with one attached hydrogen (secondary N) is 1. The number of aromatic nitrogens is 1. The van der Waals surface area contributed by atoms with Crippen LogP contribution in [0, 0.1) is 5.82 Å². The van der Waals surface area contributed by atoms with Crippen molar-refractivity contribution in [2.24, 2.45) is 0 Å². The smallest absolute Gasteiger partial charge is 0.251 e. The van der Waals surface area contributed by atoms with Gasteiger partial charge >= 0.3 is 0 Å². The van der Waals surface area contributed by atoms with E-state index in [0.717, 1.165) is 0 Å². The van der Waals surface area contributed by atoms with E-state index in [4.69, 9.17) is 14.2 Å². The van der Waals surface area contributed by atoms with Gasteiger partial charge in [-0.1, -0.05) is 12.1 Å². The van der Waals surface area contributed by atoms with Gasteiger partial charge in [-0.2, -0.15) is 0 Å². The number of carbonyl (C=O) groups is 2. The molecule has 174 valence electrons. The van der Waals surface area contributed by atoms with Gasteiger partial charge in [-0.15, -0.1) is 11.3 Å². The van der Waals surface area contributed by atoms with Crippen molar-refractivity contribution in [3.63, 3.8) is 0 Å². The van der Waals surface area contributed by atoms with Gasteiger partial charge in [-0.25, -0.2) is 9.37 Å². The summed E-state index contributed by atoms with van der Waals surface area (Å²) in [4.78, 5) is 29.9. The molecule has 0 saturated carbocycles. The van der Waals surface area contributed by atoms with Gasteiger partial charge < -0.3 is 19.5 Å². The predicted molar refractivity (Wildman–Crippen MR) is 128 cm³/mol. The lowest BCUT2D eigenvalue weighted by atomic mass is 10.1. The van der Waals surface area contributed by atoms with E-state index in [0.29, 0.717) is 44.2 Å². The number of thiophene rings is 1. The van der Waals surface area contributed by atoms with E-state index >= 15 is 0 Å². The lowest BCUT2D eigenvalue weighted by Gasteiger charge is -2.11. The van der Waals surface area contributed by atoms with Crippen LogP contribution in [0.4, 0.5) is 4.39 Å². The molecule has 0 aliphatic rings. The molecule has 7 nitrogen and oxygen atoms in total. The Labute approximate surface area is 199 Å². The van der Waals surface area contributed by atoms with Crippen LogP contribution in [0.25, 0.3) is 21.3 Å². The van der Waals surface area contributed by atoms with Crippen LogP contribution in [0.1, 0.15) is 20.8 Å². The number of rotatable bonds is 8. The minimum Gasteiger partial charge on any atom is -0.494 e. The minimum atomic E-state index is -0.442. The molecule has 0 atom stereocenters. The number of hydrogen-bond donors (Lipinski definition) is 1. The number of Topliss-reactive ketones (excluding diaryl/α,β-unsaturated/α-hetero) is 1. The molecule has 2 aromatic heterocycles. The van der Waals surface area contributed by atoms with Crippen LogP contribution in [0.3, 0.4) is 0 Å². The van der Waals surface area contributed by atoms with Gasteiger partial charge in [0, 0.05) is 21.9 Å². The molecule has 1 N–H and O–H groups in total. The van der Waals surface area contributed by atoms with Crippen LogP contribution in [0.15, 0.2) is 53.9 Å². The summed E-state index contributed by atoms with van der Waals surface area (Å²) >= 11 is 1.25. The van der Waals surface area contributed by atoms with Gasteiger partial charge in [0.15, 0.2) is 17.3 Å². The molecule has 0 radical (unpaired) electrons. The summed E-state index contributed by atoms with van der Waals surface area (Å²) in [5.74, 6) is 0.201. The summed E-state index contributed by atoms with van der Waals surface area (Å²) in [7, 11) is 4.48. The quantitative estimate of drug-likeness (QED) is 0.367. The monoisotopic (exact) mass is 480 g/mol. The first-order valence-electron chi connectivity index (χ1n) is 10.2. The maximum absolute atomic E-state index is 14.2. The lowest BCUT2D eigenvalue weighted by Crippen LogP contribution is -2.30. The number of ketones is 1. The van der Waals surface area contributed by atoms with Gasteiger partial charge in [-0.3, -0.25) is 9.59 Å². The SMILES string of the molecule is COc1ccc(C(=O)NCC(=O)c2ccc(OC)c(-c3csc4c(F)cccc34)n2)cc1OC. The molecule has 34 heavy (non-hydrogen) atoms. The molecular weight excluding hydrogens is 459 g/mol. The first kappa shape index (κ1) is 23.2. The number of fused-ring (bicyclic) bond motifs is 1. The van der Waals surface area contributed by atoms with Crippen molar-refractivity contribution in [3.05, 3.63) is 71.0 Å². The second-order valence-corrected chi connectivity index (χ2v) is 8.07. The third kappa shape index (κ3) is 4.42. The average Bonchev–Trinajstić information content (AvgIpc) is 3.31. The first-order valence-corrected chi connectivity index (χ1v) is 11.1. The van der Waals surface area contributed by atoms with E-state index in [2.05, 4.69) is 10.3 Å². The zero-order valence-electron chi connectivity index (χ0n) is 18.7. The highest BCUT2D eigenvalue weighted by atomic mass is 32.1. The van der Waals surface area contributed by atoms with Crippen molar-refractivity contribution in [2.75, 3.05) is 27.9 Å². The van der Waals surface area contributed by atoms with Gasteiger partial charge in [0.25, 0.3) is 5.91 Å². The number of halogens is 1. The fraction of sp³-hybridized carbons (Fsp3) is 0.160. The highest BCUT2D eigenvalue weighted by molar-refractivity contribution is 7.17. The first-order chi connectivity index (χ1) is 16.5. The van der Waals surface area contributed by atoms with E-state index < -0.39 is 5.91 Å². The van der Waals surface area contributed by atoms with Crippen LogP contribution in [0.5, 0.6) is 17.2 Å². The maximum atomic E-state index is 14.2. The zero-order valence-corrected chi connectivity index (χ0v) is 19.5. The Bertz CT molecular complexity index is 1390. The predicted octanol–water partition coefficient (Wildman–Crippen LogP) is 4.74. The fourth-order valence-corrected chi connectivity index (χ4v) is 4.46. The fourth-order valence-electron chi connectivity index (χ4n) is 3.50. The van der Waals surface area contributed by atoms with Gasteiger partial charge in [0.2, 0.25) is 0 Å². The van der Waals surface area contributed by atoms with Gasteiger partial charge in [0.1, 0.15) is 23.0 Å². The molecule has 2 heterocycles. The van der Waals surface area contributed by atoms with E-state index in [-0.39, 0.29) is 23.8 Å². The average molecular weight is 481 g/mol. The van der Waals surface area contributed by atoms with Crippen molar-refractivity contribution in [1.82, 2.24) is 10.3 Å². The largest absolute Gasteiger partial charge is 0.494 e. The van der Waals surface area contributed by atoms with Crippen LogP contribution in [-0.2, 0) is 0 Å². The summed E-state index contributed by atoms with van der Waals surface area (Å²) in [6.07, 6.45) is 0. The molecule has 0 spiro atoms. The molecule has 1 amide bonds. The molecule has 0 unspecified atom stereocenters. The number of carbonyl (C=O) groups excluding carboxylic acids is 2. The number of amides is 1. The Hall–Kier alpha value is -3.98. The zero-order chi connectivity index (χ0) is 24.2. The number of benzene rings is 2. The normalized spacial score (nSPS) is 10.7. The maximum Gasteiger partial charge on any atom is 0.251 e. The summed E-state index contributed by atoms with van der Waals surface area (Å²) in [6.45, 7) is -0.259. The number of methoxy groups -OCH3 is 3. The molecule has 9 heteroatoms. The molecule has 0 saturated heterocycles. The molecule has 4 aromatic rings. The molecule has 4 rings (SSSR count). The Balaban J connectivity index is 1.56. The molecule has 0 fully saturated rings. The number of pyridine rings is 1. The van der Waals surface area contributed by atoms with Crippen molar-refractivity contribution in [2.45, 2.75) is 0 Å². The third-order valence-corrected chi connectivity index (χ3v) is 6.23. The second kappa shape index (κ2) is 9.88. The number of hydrogen-bond acceptors (Lipinski definition) is 7. The molecule has 0 bridgehead atoms. The minimum absolute atomic E-state index is 0.152. The van der Waals surface area contributed by atoms with E-state index in [1.54, 1.807) is 35.7 Å². The molecular formula is C25H21FN2O5S. The van der Waals surface area contributed by atoms with Gasteiger partial charge in [-0.05, 0) is 36.4 Å². The van der Waals surface area contributed by atoms with Crippen LogP contribution >= 0.6 is 11.3 Å². The summed E-state index contributed by atoms with van der Waals surface area (Å²) in [5.41, 5.74) is 1.57. The van der Waals surface area contributed by atoms with Crippen LogP contribution in [-0.4, -0.2) is 44.5 Å². The number of ether oxygens (including phenoxy) is 3. The Morgan fingerprint density at radius 1 is 0.971 bits per heavy atom. The molecule has 0 aliphatic carbocycles. The van der Waals surface area contributed by atoms with E-state index in [1.807, 2.05) is 0 Å². The molecule has 0 aliphatic heterocycles. The van der Waals surface area contributed by atoms with E-state index in [1.165, 1.54) is 50.9 Å². The van der Waals surface area contributed by atoms with Crippen LogP contribution in [0.2, 0.25) is 0 Å².